The van der Waals surface area contributed by atoms with Crippen molar-refractivity contribution in [2.75, 3.05) is 18.0 Å². The van der Waals surface area contributed by atoms with Crippen molar-refractivity contribution in [2.45, 2.75) is 26.3 Å². The summed E-state index contributed by atoms with van der Waals surface area (Å²) in [4.78, 5) is 27.8. The molecule has 0 aliphatic carbocycles. The van der Waals surface area contributed by atoms with E-state index in [0.29, 0.717) is 18.7 Å². The molecular weight excluding hydrogens is 338 g/mol. The first kappa shape index (κ1) is 17.4. The minimum Gasteiger partial charge on any atom is -0.369 e. The number of piperidine rings is 1. The van der Waals surface area contributed by atoms with E-state index in [-0.39, 0.29) is 11.8 Å². The number of carbonyl (C=O) groups is 1. The van der Waals surface area contributed by atoms with Gasteiger partial charge in [-0.1, -0.05) is 29.8 Å². The zero-order valence-electron chi connectivity index (χ0n) is 15.4. The summed E-state index contributed by atoms with van der Waals surface area (Å²) in [5.74, 6) is 0.107. The van der Waals surface area contributed by atoms with E-state index >= 15 is 0 Å². The van der Waals surface area contributed by atoms with Crippen molar-refractivity contribution in [1.29, 1.82) is 0 Å². The van der Waals surface area contributed by atoms with Gasteiger partial charge >= 0.3 is 0 Å². The standard InChI is InChI=1S/C21H23N5O/c1-15-4-6-16(7-5-15)12-25-21(27)17-3-2-10-26(14-17)18-11-19-20(24-13-18)23-9-8-22-19/h4-9,11,13,17H,2-3,10,12,14H2,1H3,(H,25,27). The smallest absolute Gasteiger partial charge is 0.225 e. The molecule has 3 heterocycles. The van der Waals surface area contributed by atoms with Crippen LogP contribution in [-0.4, -0.2) is 33.9 Å². The number of nitrogens with zero attached hydrogens (tertiary/aromatic N) is 4. The molecule has 0 bridgehead atoms. The van der Waals surface area contributed by atoms with E-state index in [2.05, 4.69) is 56.4 Å². The van der Waals surface area contributed by atoms with Crippen molar-refractivity contribution in [3.8, 4) is 0 Å². The van der Waals surface area contributed by atoms with Crippen LogP contribution in [-0.2, 0) is 11.3 Å². The SMILES string of the molecule is Cc1ccc(CNC(=O)C2CCCN(c3cnc4nccnc4c3)C2)cc1. The van der Waals surface area contributed by atoms with E-state index in [9.17, 15) is 4.79 Å². The van der Waals surface area contributed by atoms with Crippen LogP contribution in [0.3, 0.4) is 0 Å². The molecule has 1 aliphatic rings. The summed E-state index contributed by atoms with van der Waals surface area (Å²) in [6.45, 7) is 4.26. The molecule has 1 atom stereocenters. The number of nitrogens with one attached hydrogen (secondary N) is 1. The fourth-order valence-electron chi connectivity index (χ4n) is 3.49. The molecule has 1 aliphatic heterocycles. The molecule has 0 radical (unpaired) electrons. The first-order valence-electron chi connectivity index (χ1n) is 9.34. The van der Waals surface area contributed by atoms with E-state index in [0.717, 1.165) is 36.2 Å². The van der Waals surface area contributed by atoms with Crippen molar-refractivity contribution >= 4 is 22.8 Å². The lowest BCUT2D eigenvalue weighted by atomic mass is 9.96. The van der Waals surface area contributed by atoms with Crippen LogP contribution in [0, 0.1) is 12.8 Å². The molecule has 1 saturated heterocycles. The molecule has 27 heavy (non-hydrogen) atoms. The van der Waals surface area contributed by atoms with Gasteiger partial charge in [0.05, 0.1) is 17.8 Å². The van der Waals surface area contributed by atoms with Gasteiger partial charge in [-0.15, -0.1) is 0 Å². The van der Waals surface area contributed by atoms with Gasteiger partial charge in [-0.25, -0.2) is 9.97 Å². The summed E-state index contributed by atoms with van der Waals surface area (Å²) in [7, 11) is 0. The van der Waals surface area contributed by atoms with Crippen LogP contribution in [0.5, 0.6) is 0 Å². The van der Waals surface area contributed by atoms with Crippen molar-refractivity contribution in [3.05, 3.63) is 60.0 Å². The summed E-state index contributed by atoms with van der Waals surface area (Å²) >= 11 is 0. The third kappa shape index (κ3) is 4.05. The van der Waals surface area contributed by atoms with Gasteiger partial charge in [0.2, 0.25) is 5.91 Å². The van der Waals surface area contributed by atoms with Crippen LogP contribution in [0.1, 0.15) is 24.0 Å². The summed E-state index contributed by atoms with van der Waals surface area (Å²) in [5, 5.41) is 3.09. The molecular formula is C21H23N5O. The predicted molar refractivity (Wildman–Crippen MR) is 105 cm³/mol. The molecule has 1 fully saturated rings. The summed E-state index contributed by atoms with van der Waals surface area (Å²) in [5.41, 5.74) is 4.77. The van der Waals surface area contributed by atoms with Gasteiger partial charge < -0.3 is 10.2 Å². The Morgan fingerprint density at radius 2 is 2.00 bits per heavy atom. The second kappa shape index (κ2) is 7.70. The second-order valence-corrected chi connectivity index (χ2v) is 7.08. The molecule has 1 unspecified atom stereocenters. The number of aromatic nitrogens is 3. The Bertz CT molecular complexity index is 941. The highest BCUT2D eigenvalue weighted by molar-refractivity contribution is 5.80. The Balaban J connectivity index is 1.40. The zero-order chi connectivity index (χ0) is 18.6. The van der Waals surface area contributed by atoms with E-state index in [1.165, 1.54) is 5.56 Å². The molecule has 1 N–H and O–H groups in total. The lowest BCUT2D eigenvalue weighted by molar-refractivity contribution is -0.125. The maximum Gasteiger partial charge on any atom is 0.225 e. The maximum atomic E-state index is 12.7. The van der Waals surface area contributed by atoms with Gasteiger partial charge in [-0.2, -0.15) is 0 Å². The molecule has 2 aromatic heterocycles. The van der Waals surface area contributed by atoms with E-state index < -0.39 is 0 Å². The quantitative estimate of drug-likeness (QED) is 0.774. The van der Waals surface area contributed by atoms with Gasteiger partial charge in [0.15, 0.2) is 5.65 Å². The van der Waals surface area contributed by atoms with Crippen LogP contribution >= 0.6 is 0 Å². The topological polar surface area (TPSA) is 71.0 Å². The summed E-state index contributed by atoms with van der Waals surface area (Å²) in [6.07, 6.45) is 7.04. The lowest BCUT2D eigenvalue weighted by Crippen LogP contribution is -2.43. The number of hydrogen-bond donors (Lipinski definition) is 1. The van der Waals surface area contributed by atoms with E-state index in [1.54, 1.807) is 12.4 Å². The van der Waals surface area contributed by atoms with Crippen LogP contribution in [0.4, 0.5) is 5.69 Å². The number of anilines is 1. The lowest BCUT2D eigenvalue weighted by Gasteiger charge is -2.33. The van der Waals surface area contributed by atoms with Gasteiger partial charge in [0.25, 0.3) is 0 Å². The average Bonchev–Trinajstić information content (AvgIpc) is 2.73. The Morgan fingerprint density at radius 3 is 2.85 bits per heavy atom. The number of rotatable bonds is 4. The minimum atomic E-state index is -0.0123. The number of hydrogen-bond acceptors (Lipinski definition) is 5. The molecule has 6 nitrogen and oxygen atoms in total. The van der Waals surface area contributed by atoms with Crippen LogP contribution in [0.25, 0.3) is 11.2 Å². The van der Waals surface area contributed by atoms with Gasteiger partial charge in [0, 0.05) is 32.0 Å². The first-order valence-corrected chi connectivity index (χ1v) is 9.34. The maximum absolute atomic E-state index is 12.7. The highest BCUT2D eigenvalue weighted by Crippen LogP contribution is 2.24. The number of carbonyl (C=O) groups excluding carboxylic acids is 1. The molecule has 138 valence electrons. The van der Waals surface area contributed by atoms with Crippen LogP contribution in [0.15, 0.2) is 48.9 Å². The number of aryl methyl sites for hydroxylation is 1. The monoisotopic (exact) mass is 361 g/mol. The number of benzene rings is 1. The minimum absolute atomic E-state index is 0.0123. The van der Waals surface area contributed by atoms with Crippen LogP contribution < -0.4 is 10.2 Å². The number of amides is 1. The molecule has 1 amide bonds. The number of pyridine rings is 1. The molecule has 0 saturated carbocycles. The molecule has 6 heteroatoms. The van der Waals surface area contributed by atoms with Crippen molar-refractivity contribution in [3.63, 3.8) is 0 Å². The van der Waals surface area contributed by atoms with Gasteiger partial charge in [-0.3, -0.25) is 9.78 Å². The largest absolute Gasteiger partial charge is 0.369 e. The zero-order valence-corrected chi connectivity index (χ0v) is 15.4. The Labute approximate surface area is 158 Å². The van der Waals surface area contributed by atoms with E-state index in [4.69, 9.17) is 0 Å². The van der Waals surface area contributed by atoms with Crippen molar-refractivity contribution < 1.29 is 4.79 Å². The Morgan fingerprint density at radius 1 is 1.19 bits per heavy atom. The highest BCUT2D eigenvalue weighted by atomic mass is 16.1. The molecule has 1 aromatic carbocycles. The molecule has 0 spiro atoms. The van der Waals surface area contributed by atoms with Crippen molar-refractivity contribution in [2.24, 2.45) is 5.92 Å². The third-order valence-electron chi connectivity index (χ3n) is 5.05. The third-order valence-corrected chi connectivity index (χ3v) is 5.05. The highest BCUT2D eigenvalue weighted by Gasteiger charge is 2.26. The van der Waals surface area contributed by atoms with E-state index in [1.807, 2.05) is 12.3 Å². The molecule has 3 aromatic rings. The average molecular weight is 361 g/mol. The fourth-order valence-corrected chi connectivity index (χ4v) is 3.49. The Hall–Kier alpha value is -3.02. The summed E-state index contributed by atoms with van der Waals surface area (Å²) < 4.78 is 0. The van der Waals surface area contributed by atoms with Crippen LogP contribution in [0.2, 0.25) is 0 Å². The fraction of sp³-hybridized carbons (Fsp3) is 0.333. The van der Waals surface area contributed by atoms with Crippen molar-refractivity contribution in [1.82, 2.24) is 20.3 Å². The second-order valence-electron chi connectivity index (χ2n) is 7.08. The number of fused-ring (bicyclic) bond motifs is 1. The Kier molecular flexibility index (Phi) is 4.96. The van der Waals surface area contributed by atoms with Gasteiger partial charge in [0.1, 0.15) is 5.52 Å². The molecule has 4 rings (SSSR count). The first-order chi connectivity index (χ1) is 13.2. The van der Waals surface area contributed by atoms with Gasteiger partial charge in [-0.05, 0) is 31.4 Å². The summed E-state index contributed by atoms with van der Waals surface area (Å²) in [6, 6.07) is 10.3. The predicted octanol–water partition coefficient (Wildman–Crippen LogP) is 2.87. The normalized spacial score (nSPS) is 17.1.